The van der Waals surface area contributed by atoms with Crippen LogP contribution in [0.3, 0.4) is 0 Å². The molecule has 0 spiro atoms. The largest absolute Gasteiger partial charge is 0.465 e. The molecule has 0 saturated heterocycles. The van der Waals surface area contributed by atoms with Crippen LogP contribution in [0.15, 0.2) is 66.7 Å². The number of esters is 1. The molecule has 6 nitrogen and oxygen atoms in total. The highest BCUT2D eigenvalue weighted by Crippen LogP contribution is 2.22. The molecular formula is C22H16Cl2N2O4. The second-order valence-electron chi connectivity index (χ2n) is 6.19. The van der Waals surface area contributed by atoms with Gasteiger partial charge in [-0.25, -0.2) is 4.79 Å². The van der Waals surface area contributed by atoms with Crippen molar-refractivity contribution in [2.45, 2.75) is 0 Å². The number of methoxy groups -OCH3 is 1. The maximum atomic E-state index is 12.6. The maximum Gasteiger partial charge on any atom is 0.337 e. The van der Waals surface area contributed by atoms with Crippen LogP contribution in [-0.4, -0.2) is 24.9 Å². The zero-order valence-electron chi connectivity index (χ0n) is 15.7. The van der Waals surface area contributed by atoms with Crippen LogP contribution in [0, 0.1) is 0 Å². The summed E-state index contributed by atoms with van der Waals surface area (Å²) in [5, 5.41) is 6.06. The fourth-order valence-corrected chi connectivity index (χ4v) is 3.15. The number of carbonyl (C=O) groups is 3. The second-order valence-corrected chi connectivity index (χ2v) is 7.03. The molecule has 0 fully saturated rings. The Morgan fingerprint density at radius 2 is 1.37 bits per heavy atom. The lowest BCUT2D eigenvalue weighted by atomic mass is 10.1. The Kier molecular flexibility index (Phi) is 6.72. The Labute approximate surface area is 182 Å². The third kappa shape index (κ3) is 5.17. The maximum absolute atomic E-state index is 12.6. The average molecular weight is 443 g/mol. The molecule has 0 bridgehead atoms. The fourth-order valence-electron chi connectivity index (χ4n) is 2.66. The zero-order chi connectivity index (χ0) is 21.7. The van der Waals surface area contributed by atoms with Crippen molar-refractivity contribution >= 4 is 52.4 Å². The number of carbonyl (C=O) groups excluding carboxylic acids is 3. The van der Waals surface area contributed by atoms with E-state index in [2.05, 4.69) is 15.4 Å². The van der Waals surface area contributed by atoms with E-state index in [9.17, 15) is 14.4 Å². The van der Waals surface area contributed by atoms with E-state index in [1.807, 2.05) is 0 Å². The topological polar surface area (TPSA) is 84.5 Å². The van der Waals surface area contributed by atoms with Crippen LogP contribution in [0.25, 0.3) is 0 Å². The Hall–Kier alpha value is -3.35. The molecule has 0 saturated carbocycles. The zero-order valence-corrected chi connectivity index (χ0v) is 17.3. The number of anilines is 2. The second kappa shape index (κ2) is 9.43. The summed E-state index contributed by atoms with van der Waals surface area (Å²) in [5.74, 6) is -1.34. The summed E-state index contributed by atoms with van der Waals surface area (Å²) in [7, 11) is 1.28. The van der Waals surface area contributed by atoms with Gasteiger partial charge in [0.1, 0.15) is 0 Å². The first kappa shape index (κ1) is 21.4. The van der Waals surface area contributed by atoms with Gasteiger partial charge in [-0.05, 0) is 54.6 Å². The van der Waals surface area contributed by atoms with Crippen LogP contribution < -0.4 is 10.6 Å². The van der Waals surface area contributed by atoms with Gasteiger partial charge >= 0.3 is 5.97 Å². The van der Waals surface area contributed by atoms with Crippen molar-refractivity contribution < 1.29 is 19.1 Å². The summed E-state index contributed by atoms with van der Waals surface area (Å²) >= 11 is 11.9. The number of ether oxygens (including phenoxy) is 1. The predicted molar refractivity (Wildman–Crippen MR) is 117 cm³/mol. The third-order valence-electron chi connectivity index (χ3n) is 4.10. The summed E-state index contributed by atoms with van der Waals surface area (Å²) in [6.45, 7) is 0. The number of benzene rings is 3. The van der Waals surface area contributed by atoms with Crippen LogP contribution in [0.4, 0.5) is 11.4 Å². The van der Waals surface area contributed by atoms with Gasteiger partial charge in [-0.2, -0.15) is 0 Å². The van der Waals surface area contributed by atoms with E-state index in [0.717, 1.165) is 0 Å². The summed E-state index contributed by atoms with van der Waals surface area (Å²) in [4.78, 5) is 36.7. The van der Waals surface area contributed by atoms with Gasteiger partial charge < -0.3 is 15.4 Å². The van der Waals surface area contributed by atoms with E-state index in [0.29, 0.717) is 27.5 Å². The van der Waals surface area contributed by atoms with Crippen LogP contribution in [-0.2, 0) is 4.74 Å². The van der Waals surface area contributed by atoms with Gasteiger partial charge in [0.15, 0.2) is 0 Å². The van der Waals surface area contributed by atoms with Gasteiger partial charge in [-0.1, -0.05) is 35.3 Å². The van der Waals surface area contributed by atoms with Crippen LogP contribution in [0.5, 0.6) is 0 Å². The number of hydrogen-bond acceptors (Lipinski definition) is 4. The first-order chi connectivity index (χ1) is 14.4. The number of rotatable bonds is 5. The van der Waals surface area contributed by atoms with E-state index >= 15 is 0 Å². The number of amides is 2. The average Bonchev–Trinajstić information content (AvgIpc) is 2.73. The number of hydrogen-bond donors (Lipinski definition) is 2. The molecule has 0 atom stereocenters. The minimum absolute atomic E-state index is 0.222. The molecule has 3 aromatic rings. The molecule has 0 aliphatic carbocycles. The number of halogens is 2. The molecule has 0 aliphatic rings. The first-order valence-corrected chi connectivity index (χ1v) is 9.49. The Morgan fingerprint density at radius 3 is 2.00 bits per heavy atom. The van der Waals surface area contributed by atoms with Gasteiger partial charge in [0, 0.05) is 22.0 Å². The SMILES string of the molecule is COC(=O)c1cccc(NC(=O)c2cccc(NC(=O)c3ccc(Cl)cc3Cl)c2)c1. The molecule has 0 radical (unpaired) electrons. The fraction of sp³-hybridized carbons (Fsp3) is 0.0455. The summed E-state index contributed by atoms with van der Waals surface area (Å²) in [5.41, 5.74) is 1.75. The van der Waals surface area contributed by atoms with E-state index < -0.39 is 17.8 Å². The third-order valence-corrected chi connectivity index (χ3v) is 4.65. The molecule has 3 aromatic carbocycles. The van der Waals surface area contributed by atoms with Crippen molar-refractivity contribution in [3.05, 3.63) is 93.5 Å². The molecule has 8 heteroatoms. The quantitative estimate of drug-likeness (QED) is 0.526. The van der Waals surface area contributed by atoms with Gasteiger partial charge in [-0.15, -0.1) is 0 Å². The van der Waals surface area contributed by atoms with Crippen molar-refractivity contribution in [2.24, 2.45) is 0 Å². The van der Waals surface area contributed by atoms with E-state index in [4.69, 9.17) is 23.2 Å². The molecule has 0 heterocycles. The summed E-state index contributed by atoms with van der Waals surface area (Å²) in [6, 6.07) is 17.4. The molecule has 0 aromatic heterocycles. The highest BCUT2D eigenvalue weighted by atomic mass is 35.5. The lowest BCUT2D eigenvalue weighted by Crippen LogP contribution is -2.15. The molecule has 152 valence electrons. The van der Waals surface area contributed by atoms with E-state index in [1.165, 1.54) is 31.4 Å². The predicted octanol–water partition coefficient (Wildman–Crippen LogP) is 5.28. The van der Waals surface area contributed by atoms with Gasteiger partial charge in [0.05, 0.1) is 23.3 Å². The normalized spacial score (nSPS) is 10.2. The molecule has 2 N–H and O–H groups in total. The lowest BCUT2D eigenvalue weighted by molar-refractivity contribution is 0.0600. The van der Waals surface area contributed by atoms with Crippen molar-refractivity contribution in [1.29, 1.82) is 0 Å². The van der Waals surface area contributed by atoms with E-state index in [1.54, 1.807) is 42.5 Å². The Morgan fingerprint density at radius 1 is 0.767 bits per heavy atom. The van der Waals surface area contributed by atoms with Crippen LogP contribution >= 0.6 is 23.2 Å². The summed E-state index contributed by atoms with van der Waals surface area (Å²) < 4.78 is 4.68. The van der Waals surface area contributed by atoms with Crippen molar-refractivity contribution in [3.63, 3.8) is 0 Å². The van der Waals surface area contributed by atoms with Gasteiger partial charge in [0.25, 0.3) is 11.8 Å². The van der Waals surface area contributed by atoms with Gasteiger partial charge in [0.2, 0.25) is 0 Å². The monoisotopic (exact) mass is 442 g/mol. The van der Waals surface area contributed by atoms with Crippen LogP contribution in [0.1, 0.15) is 31.1 Å². The lowest BCUT2D eigenvalue weighted by Gasteiger charge is -2.10. The van der Waals surface area contributed by atoms with Gasteiger partial charge in [-0.3, -0.25) is 9.59 Å². The standard InChI is InChI=1S/C22H16Cl2N2O4/c1-30-22(29)14-5-3-7-17(11-14)25-20(27)13-4-2-6-16(10-13)26-21(28)18-9-8-15(23)12-19(18)24/h2-12H,1H3,(H,25,27)(H,26,28). The molecule has 0 unspecified atom stereocenters. The highest BCUT2D eigenvalue weighted by molar-refractivity contribution is 6.37. The van der Waals surface area contributed by atoms with E-state index in [-0.39, 0.29) is 10.6 Å². The highest BCUT2D eigenvalue weighted by Gasteiger charge is 2.13. The van der Waals surface area contributed by atoms with Crippen molar-refractivity contribution in [3.8, 4) is 0 Å². The smallest absolute Gasteiger partial charge is 0.337 e. The Bertz CT molecular complexity index is 1130. The molecule has 2 amide bonds. The minimum Gasteiger partial charge on any atom is -0.465 e. The van der Waals surface area contributed by atoms with Crippen LogP contribution in [0.2, 0.25) is 10.0 Å². The summed E-state index contributed by atoms with van der Waals surface area (Å²) in [6.07, 6.45) is 0. The number of nitrogens with one attached hydrogen (secondary N) is 2. The molecule has 30 heavy (non-hydrogen) atoms. The first-order valence-electron chi connectivity index (χ1n) is 8.73. The molecule has 3 rings (SSSR count). The van der Waals surface area contributed by atoms with Crippen molar-refractivity contribution in [1.82, 2.24) is 0 Å². The van der Waals surface area contributed by atoms with Crippen molar-refractivity contribution in [2.75, 3.05) is 17.7 Å². The minimum atomic E-state index is -0.503. The molecular weight excluding hydrogens is 427 g/mol. The Balaban J connectivity index is 1.74. The molecule has 0 aliphatic heterocycles.